The molecule has 0 spiro atoms. The molecule has 0 saturated carbocycles. The van der Waals surface area contributed by atoms with E-state index in [-0.39, 0.29) is 5.91 Å². The van der Waals surface area contributed by atoms with Gasteiger partial charge < -0.3 is 14.4 Å². The molecular formula is C22H24BrN3O3. The normalized spacial score (nSPS) is 10.8. The van der Waals surface area contributed by atoms with Gasteiger partial charge in [-0.15, -0.1) is 0 Å². The molecule has 0 aliphatic carbocycles. The summed E-state index contributed by atoms with van der Waals surface area (Å²) in [7, 11) is 3.29. The number of fused-ring (bicyclic) bond motifs is 1. The summed E-state index contributed by atoms with van der Waals surface area (Å²) in [4.78, 5) is 23.7. The van der Waals surface area contributed by atoms with Crippen LogP contribution in [0.3, 0.4) is 0 Å². The topological polar surface area (TPSA) is 64.5 Å². The molecule has 1 aromatic heterocycles. The number of carbonyl (C=O) groups is 1. The standard InChI is InChI=1S/C22H24BrN3O3/c1-5-10-29-21-17(23)11-15(12-19(21)28-4)22(27)26(3)13-20-24-14(2)16-8-6-7-9-18(16)25-20/h6-9,11-12H,5,10,13H2,1-4H3. The average molecular weight is 458 g/mol. The molecule has 0 fully saturated rings. The number of rotatable bonds is 7. The minimum Gasteiger partial charge on any atom is -0.493 e. The molecule has 0 radical (unpaired) electrons. The van der Waals surface area contributed by atoms with E-state index >= 15 is 0 Å². The van der Waals surface area contributed by atoms with Crippen LogP contribution < -0.4 is 9.47 Å². The Balaban J connectivity index is 1.84. The SMILES string of the molecule is CCCOc1c(Br)cc(C(=O)N(C)Cc2nc(C)c3ccccc3n2)cc1OC. The van der Waals surface area contributed by atoms with E-state index in [1.165, 1.54) is 0 Å². The highest BCUT2D eigenvalue weighted by molar-refractivity contribution is 9.10. The van der Waals surface area contributed by atoms with Gasteiger partial charge in [-0.2, -0.15) is 0 Å². The van der Waals surface area contributed by atoms with E-state index in [2.05, 4.69) is 25.9 Å². The zero-order valence-electron chi connectivity index (χ0n) is 17.0. The van der Waals surface area contributed by atoms with Gasteiger partial charge >= 0.3 is 0 Å². The second-order valence-corrected chi connectivity index (χ2v) is 7.60. The number of hydrogen-bond acceptors (Lipinski definition) is 5. The molecule has 0 unspecified atom stereocenters. The maximum atomic E-state index is 13.0. The van der Waals surface area contributed by atoms with Crippen LogP contribution in [-0.4, -0.2) is 41.5 Å². The second-order valence-electron chi connectivity index (χ2n) is 6.74. The van der Waals surface area contributed by atoms with Crippen LogP contribution in [0.5, 0.6) is 11.5 Å². The number of aromatic nitrogens is 2. The zero-order valence-corrected chi connectivity index (χ0v) is 18.6. The van der Waals surface area contributed by atoms with Crippen molar-refractivity contribution in [1.82, 2.24) is 14.9 Å². The van der Waals surface area contributed by atoms with Gasteiger partial charge in [-0.3, -0.25) is 4.79 Å². The summed E-state index contributed by atoms with van der Waals surface area (Å²) >= 11 is 3.49. The number of nitrogens with zero attached hydrogens (tertiary/aromatic N) is 3. The maximum Gasteiger partial charge on any atom is 0.254 e. The van der Waals surface area contributed by atoms with Crippen molar-refractivity contribution >= 4 is 32.7 Å². The van der Waals surface area contributed by atoms with Crippen LogP contribution >= 0.6 is 15.9 Å². The van der Waals surface area contributed by atoms with E-state index in [4.69, 9.17) is 9.47 Å². The molecule has 0 aliphatic heterocycles. The number of para-hydroxylation sites is 1. The Labute approximate surface area is 179 Å². The monoisotopic (exact) mass is 457 g/mol. The lowest BCUT2D eigenvalue weighted by Gasteiger charge is -2.19. The van der Waals surface area contributed by atoms with Crippen LogP contribution in [0.4, 0.5) is 0 Å². The highest BCUT2D eigenvalue weighted by Crippen LogP contribution is 2.37. The van der Waals surface area contributed by atoms with Crippen molar-refractivity contribution in [2.24, 2.45) is 0 Å². The predicted octanol–water partition coefficient (Wildman–Crippen LogP) is 4.77. The Morgan fingerprint density at radius 2 is 1.97 bits per heavy atom. The first-order valence-corrected chi connectivity index (χ1v) is 10.2. The Bertz CT molecular complexity index is 1040. The van der Waals surface area contributed by atoms with Gasteiger partial charge in [0, 0.05) is 23.7 Å². The Morgan fingerprint density at radius 3 is 2.69 bits per heavy atom. The highest BCUT2D eigenvalue weighted by Gasteiger charge is 2.19. The molecule has 7 heteroatoms. The summed E-state index contributed by atoms with van der Waals surface area (Å²) in [5.74, 6) is 1.57. The lowest BCUT2D eigenvalue weighted by atomic mass is 10.1. The molecule has 0 N–H and O–H groups in total. The molecule has 152 valence electrons. The van der Waals surface area contributed by atoms with Crippen LogP contribution in [0, 0.1) is 6.92 Å². The summed E-state index contributed by atoms with van der Waals surface area (Å²) in [6, 6.07) is 11.3. The van der Waals surface area contributed by atoms with E-state index in [0.29, 0.717) is 40.5 Å². The van der Waals surface area contributed by atoms with Crippen molar-refractivity contribution in [2.75, 3.05) is 20.8 Å². The maximum absolute atomic E-state index is 13.0. The fraction of sp³-hybridized carbons (Fsp3) is 0.318. The smallest absolute Gasteiger partial charge is 0.254 e. The van der Waals surface area contributed by atoms with E-state index in [0.717, 1.165) is 23.0 Å². The summed E-state index contributed by atoms with van der Waals surface area (Å²) in [6.07, 6.45) is 0.879. The van der Waals surface area contributed by atoms with Crippen LogP contribution in [0.1, 0.15) is 35.2 Å². The third-order valence-corrected chi connectivity index (χ3v) is 5.08. The van der Waals surface area contributed by atoms with Gasteiger partial charge in [0.1, 0.15) is 5.82 Å². The molecule has 6 nitrogen and oxygen atoms in total. The third kappa shape index (κ3) is 4.67. The number of ether oxygens (including phenoxy) is 2. The number of aryl methyl sites for hydroxylation is 1. The number of methoxy groups -OCH3 is 1. The van der Waals surface area contributed by atoms with Crippen LogP contribution in [0.25, 0.3) is 10.9 Å². The molecule has 1 amide bonds. The van der Waals surface area contributed by atoms with Crippen molar-refractivity contribution in [3.8, 4) is 11.5 Å². The summed E-state index contributed by atoms with van der Waals surface area (Å²) in [6.45, 7) is 4.86. The number of hydrogen-bond donors (Lipinski definition) is 0. The van der Waals surface area contributed by atoms with Gasteiger partial charge in [0.2, 0.25) is 0 Å². The first kappa shape index (κ1) is 21.0. The molecule has 0 bridgehead atoms. The Morgan fingerprint density at radius 1 is 1.21 bits per heavy atom. The average Bonchev–Trinajstić information content (AvgIpc) is 2.71. The van der Waals surface area contributed by atoms with Crippen LogP contribution in [0.15, 0.2) is 40.9 Å². The molecule has 3 rings (SSSR count). The summed E-state index contributed by atoms with van der Waals surface area (Å²) < 4.78 is 11.8. The quantitative estimate of drug-likeness (QED) is 0.511. The number of amides is 1. The molecule has 0 aliphatic rings. The van der Waals surface area contributed by atoms with Crippen molar-refractivity contribution in [3.05, 3.63) is 58.0 Å². The van der Waals surface area contributed by atoms with Gasteiger partial charge in [-0.1, -0.05) is 25.1 Å². The molecule has 3 aromatic rings. The third-order valence-electron chi connectivity index (χ3n) is 4.49. The van der Waals surface area contributed by atoms with E-state index < -0.39 is 0 Å². The number of benzene rings is 2. The minimum absolute atomic E-state index is 0.152. The van der Waals surface area contributed by atoms with Gasteiger partial charge in [-0.05, 0) is 47.5 Å². The van der Waals surface area contributed by atoms with Crippen LogP contribution in [-0.2, 0) is 6.54 Å². The van der Waals surface area contributed by atoms with E-state index in [1.54, 1.807) is 31.2 Å². The summed E-state index contributed by atoms with van der Waals surface area (Å²) in [5, 5.41) is 1.02. The van der Waals surface area contributed by atoms with Crippen molar-refractivity contribution in [3.63, 3.8) is 0 Å². The lowest BCUT2D eigenvalue weighted by molar-refractivity contribution is 0.0781. The summed E-state index contributed by atoms with van der Waals surface area (Å²) in [5.41, 5.74) is 2.27. The Kier molecular flexibility index (Phi) is 6.69. The fourth-order valence-electron chi connectivity index (χ4n) is 3.06. The molecular weight excluding hydrogens is 434 g/mol. The van der Waals surface area contributed by atoms with Gasteiger partial charge in [0.05, 0.1) is 30.3 Å². The molecule has 1 heterocycles. The Hall–Kier alpha value is -2.67. The van der Waals surface area contributed by atoms with Crippen molar-refractivity contribution in [1.29, 1.82) is 0 Å². The van der Waals surface area contributed by atoms with Crippen molar-refractivity contribution < 1.29 is 14.3 Å². The second kappa shape index (κ2) is 9.22. The van der Waals surface area contributed by atoms with Crippen LogP contribution in [0.2, 0.25) is 0 Å². The fourth-order valence-corrected chi connectivity index (χ4v) is 3.61. The molecule has 0 saturated heterocycles. The predicted molar refractivity (Wildman–Crippen MR) is 117 cm³/mol. The highest BCUT2D eigenvalue weighted by atomic mass is 79.9. The number of carbonyl (C=O) groups excluding carboxylic acids is 1. The van der Waals surface area contributed by atoms with Gasteiger partial charge in [0.25, 0.3) is 5.91 Å². The lowest BCUT2D eigenvalue weighted by Crippen LogP contribution is -2.27. The van der Waals surface area contributed by atoms with E-state index in [9.17, 15) is 4.79 Å². The van der Waals surface area contributed by atoms with E-state index in [1.807, 2.05) is 38.1 Å². The number of halogens is 1. The molecule has 2 aromatic carbocycles. The zero-order chi connectivity index (χ0) is 21.0. The molecule has 29 heavy (non-hydrogen) atoms. The first-order valence-electron chi connectivity index (χ1n) is 9.42. The largest absolute Gasteiger partial charge is 0.493 e. The first-order chi connectivity index (χ1) is 13.9. The van der Waals surface area contributed by atoms with Gasteiger partial charge in [-0.25, -0.2) is 9.97 Å². The van der Waals surface area contributed by atoms with Gasteiger partial charge in [0.15, 0.2) is 11.5 Å². The van der Waals surface area contributed by atoms with Crippen molar-refractivity contribution in [2.45, 2.75) is 26.8 Å². The molecule has 0 atom stereocenters. The minimum atomic E-state index is -0.152.